The van der Waals surface area contributed by atoms with Gasteiger partial charge in [0.05, 0.1) is 4.92 Å². The molecule has 0 aromatic heterocycles. The second kappa shape index (κ2) is 4.75. The fraction of sp³-hybridized carbons (Fsp3) is 0.222. The van der Waals surface area contributed by atoms with Gasteiger partial charge in [0.15, 0.2) is 6.61 Å². The van der Waals surface area contributed by atoms with Gasteiger partial charge in [0.25, 0.3) is 0 Å². The van der Waals surface area contributed by atoms with Gasteiger partial charge < -0.3 is 4.74 Å². The molecule has 0 N–H and O–H groups in total. The minimum absolute atomic E-state index is 0.142. The molecule has 0 spiro atoms. The SMILES string of the molecule is Cc1cc(Br)cc([N+](=O)[O-])c1OCC#N. The standard InChI is InChI=1S/C9H7BrN2O3/c1-6-4-7(10)5-8(12(13)14)9(6)15-3-2-11/h4-5H,3H2,1H3. The van der Waals surface area contributed by atoms with Gasteiger partial charge in [-0.15, -0.1) is 0 Å². The van der Waals surface area contributed by atoms with Crippen molar-refractivity contribution in [3.63, 3.8) is 0 Å². The first kappa shape index (κ1) is 11.5. The quantitative estimate of drug-likeness (QED) is 0.625. The topological polar surface area (TPSA) is 76.2 Å². The van der Waals surface area contributed by atoms with Crippen molar-refractivity contribution in [2.75, 3.05) is 6.61 Å². The van der Waals surface area contributed by atoms with Crippen molar-refractivity contribution in [1.82, 2.24) is 0 Å². The average molecular weight is 271 g/mol. The molecule has 0 fully saturated rings. The number of nitro benzene ring substituents is 1. The summed E-state index contributed by atoms with van der Waals surface area (Å²) >= 11 is 3.16. The summed E-state index contributed by atoms with van der Waals surface area (Å²) in [7, 11) is 0. The Hall–Kier alpha value is -1.61. The van der Waals surface area contributed by atoms with E-state index in [0.717, 1.165) is 0 Å². The van der Waals surface area contributed by atoms with E-state index in [1.54, 1.807) is 19.1 Å². The summed E-state index contributed by atoms with van der Waals surface area (Å²) < 4.78 is 5.62. The molecule has 0 unspecified atom stereocenters. The minimum atomic E-state index is -0.537. The van der Waals surface area contributed by atoms with Crippen LogP contribution in [-0.2, 0) is 0 Å². The van der Waals surface area contributed by atoms with E-state index in [2.05, 4.69) is 15.9 Å². The van der Waals surface area contributed by atoms with Gasteiger partial charge in [-0.1, -0.05) is 15.9 Å². The first-order valence-electron chi connectivity index (χ1n) is 4.00. The van der Waals surface area contributed by atoms with E-state index in [1.165, 1.54) is 6.07 Å². The van der Waals surface area contributed by atoms with Crippen LogP contribution in [0, 0.1) is 28.4 Å². The fourth-order valence-corrected chi connectivity index (χ4v) is 1.70. The molecule has 0 amide bonds. The summed E-state index contributed by atoms with van der Waals surface area (Å²) in [6.45, 7) is 1.48. The Morgan fingerprint density at radius 3 is 2.87 bits per heavy atom. The van der Waals surface area contributed by atoms with Gasteiger partial charge in [-0.2, -0.15) is 5.26 Å². The molecule has 0 aliphatic rings. The Labute approximate surface area is 94.6 Å². The molecule has 5 nitrogen and oxygen atoms in total. The molecule has 0 heterocycles. The molecule has 6 heteroatoms. The third-order valence-electron chi connectivity index (χ3n) is 1.70. The monoisotopic (exact) mass is 270 g/mol. The van der Waals surface area contributed by atoms with Crippen LogP contribution in [0.1, 0.15) is 5.56 Å². The molecule has 0 radical (unpaired) electrons. The molecule has 1 aromatic rings. The Bertz CT molecular complexity index is 440. The minimum Gasteiger partial charge on any atom is -0.471 e. The van der Waals surface area contributed by atoms with Crippen LogP contribution in [0.3, 0.4) is 0 Å². The van der Waals surface area contributed by atoms with E-state index in [-0.39, 0.29) is 18.0 Å². The number of ether oxygens (including phenoxy) is 1. The van der Waals surface area contributed by atoms with Crippen molar-refractivity contribution >= 4 is 21.6 Å². The van der Waals surface area contributed by atoms with E-state index < -0.39 is 4.92 Å². The molecular weight excluding hydrogens is 264 g/mol. The Morgan fingerprint density at radius 2 is 2.33 bits per heavy atom. The highest BCUT2D eigenvalue weighted by molar-refractivity contribution is 9.10. The fourth-order valence-electron chi connectivity index (χ4n) is 1.14. The van der Waals surface area contributed by atoms with Gasteiger partial charge in [0, 0.05) is 10.5 Å². The molecule has 15 heavy (non-hydrogen) atoms. The molecule has 0 atom stereocenters. The predicted molar refractivity (Wildman–Crippen MR) is 56.6 cm³/mol. The lowest BCUT2D eigenvalue weighted by Gasteiger charge is -2.06. The van der Waals surface area contributed by atoms with E-state index in [9.17, 15) is 10.1 Å². The third-order valence-corrected chi connectivity index (χ3v) is 2.16. The molecule has 0 saturated carbocycles. The van der Waals surface area contributed by atoms with Gasteiger partial charge in [-0.05, 0) is 18.6 Å². The van der Waals surface area contributed by atoms with Crippen molar-refractivity contribution in [3.8, 4) is 11.8 Å². The van der Waals surface area contributed by atoms with Gasteiger partial charge in [-0.25, -0.2) is 0 Å². The van der Waals surface area contributed by atoms with E-state index in [1.807, 2.05) is 0 Å². The van der Waals surface area contributed by atoms with Crippen LogP contribution >= 0.6 is 15.9 Å². The van der Waals surface area contributed by atoms with Gasteiger partial charge >= 0.3 is 5.69 Å². The number of halogens is 1. The average Bonchev–Trinajstić information content (AvgIpc) is 2.15. The predicted octanol–water partition coefficient (Wildman–Crippen LogP) is 2.57. The van der Waals surface area contributed by atoms with Gasteiger partial charge in [-0.3, -0.25) is 10.1 Å². The third kappa shape index (κ3) is 2.67. The lowest BCUT2D eigenvalue weighted by Crippen LogP contribution is -2.00. The van der Waals surface area contributed by atoms with Crippen LogP contribution in [-0.4, -0.2) is 11.5 Å². The van der Waals surface area contributed by atoms with Crippen LogP contribution in [0.5, 0.6) is 5.75 Å². The maximum absolute atomic E-state index is 10.7. The maximum atomic E-state index is 10.7. The molecule has 78 valence electrons. The Morgan fingerprint density at radius 1 is 1.67 bits per heavy atom. The molecule has 0 bridgehead atoms. The second-order valence-corrected chi connectivity index (χ2v) is 3.69. The van der Waals surface area contributed by atoms with E-state index in [4.69, 9.17) is 10.00 Å². The maximum Gasteiger partial charge on any atom is 0.312 e. The largest absolute Gasteiger partial charge is 0.471 e. The first-order valence-corrected chi connectivity index (χ1v) is 4.80. The number of nitriles is 1. The van der Waals surface area contributed by atoms with Crippen molar-refractivity contribution in [3.05, 3.63) is 32.3 Å². The highest BCUT2D eigenvalue weighted by Crippen LogP contribution is 2.33. The summed E-state index contributed by atoms with van der Waals surface area (Å²) in [6, 6.07) is 4.81. The zero-order valence-electron chi connectivity index (χ0n) is 7.86. The number of nitro groups is 1. The zero-order chi connectivity index (χ0) is 11.4. The first-order chi connectivity index (χ1) is 7.06. The highest BCUT2D eigenvalue weighted by atomic mass is 79.9. The Kier molecular flexibility index (Phi) is 3.63. The van der Waals surface area contributed by atoms with Crippen LogP contribution < -0.4 is 4.74 Å². The zero-order valence-corrected chi connectivity index (χ0v) is 9.44. The van der Waals surface area contributed by atoms with Crippen molar-refractivity contribution in [1.29, 1.82) is 5.26 Å². The summed E-state index contributed by atoms with van der Waals surface area (Å²) in [5, 5.41) is 19.1. The van der Waals surface area contributed by atoms with Crippen LogP contribution in [0.25, 0.3) is 0 Å². The van der Waals surface area contributed by atoms with Crippen LogP contribution in [0.2, 0.25) is 0 Å². The smallest absolute Gasteiger partial charge is 0.312 e. The number of rotatable bonds is 3. The van der Waals surface area contributed by atoms with E-state index in [0.29, 0.717) is 10.0 Å². The van der Waals surface area contributed by atoms with Crippen molar-refractivity contribution < 1.29 is 9.66 Å². The summed E-state index contributed by atoms with van der Waals surface area (Å²) in [5.41, 5.74) is 0.475. The Balaban J connectivity index is 3.22. The second-order valence-electron chi connectivity index (χ2n) is 2.77. The number of hydrogen-bond acceptors (Lipinski definition) is 4. The van der Waals surface area contributed by atoms with E-state index >= 15 is 0 Å². The molecule has 0 aliphatic heterocycles. The van der Waals surface area contributed by atoms with Crippen molar-refractivity contribution in [2.24, 2.45) is 0 Å². The number of benzene rings is 1. The number of aryl methyl sites for hydroxylation is 1. The molecule has 0 aliphatic carbocycles. The lowest BCUT2D eigenvalue weighted by molar-refractivity contribution is -0.385. The van der Waals surface area contributed by atoms with Gasteiger partial charge in [0.2, 0.25) is 5.75 Å². The van der Waals surface area contributed by atoms with Crippen LogP contribution in [0.15, 0.2) is 16.6 Å². The molecular formula is C9H7BrN2O3. The number of nitrogens with zero attached hydrogens (tertiary/aromatic N) is 2. The summed E-state index contributed by atoms with van der Waals surface area (Å²) in [6.07, 6.45) is 0. The number of hydrogen-bond donors (Lipinski definition) is 0. The van der Waals surface area contributed by atoms with Crippen LogP contribution in [0.4, 0.5) is 5.69 Å². The highest BCUT2D eigenvalue weighted by Gasteiger charge is 2.18. The summed E-state index contributed by atoms with van der Waals surface area (Å²) in [4.78, 5) is 10.2. The molecule has 1 rings (SSSR count). The lowest BCUT2D eigenvalue weighted by atomic mass is 10.2. The van der Waals surface area contributed by atoms with Crippen molar-refractivity contribution in [2.45, 2.75) is 6.92 Å². The molecule has 1 aromatic carbocycles. The van der Waals surface area contributed by atoms with Gasteiger partial charge in [0.1, 0.15) is 6.07 Å². The normalized spacial score (nSPS) is 9.40. The summed E-state index contributed by atoms with van der Waals surface area (Å²) in [5.74, 6) is 0.143. The molecule has 0 saturated heterocycles.